The number of halogens is 1. The number of benzene rings is 1. The van der Waals surface area contributed by atoms with E-state index in [1.165, 1.54) is 0 Å². The fourth-order valence-corrected chi connectivity index (χ4v) is 2.11. The molecule has 3 aromatic rings. The standard InChI is InChI=1S/C15H13ClN4O/c16-12-5-6-15(20-17)19-14(12)9-21-11-4-3-10-2-1-7-18-13(10)8-11/h1-8H,9,17H2,(H,19,20). The summed E-state index contributed by atoms with van der Waals surface area (Å²) in [4.78, 5) is 8.55. The zero-order valence-corrected chi connectivity index (χ0v) is 11.8. The monoisotopic (exact) mass is 300 g/mol. The molecule has 6 heteroatoms. The van der Waals surface area contributed by atoms with Gasteiger partial charge in [-0.25, -0.2) is 10.8 Å². The Bertz CT molecular complexity index is 778. The Labute approximate surface area is 126 Å². The van der Waals surface area contributed by atoms with Crippen molar-refractivity contribution >= 4 is 28.3 Å². The van der Waals surface area contributed by atoms with Crippen LogP contribution in [0.25, 0.3) is 10.9 Å². The van der Waals surface area contributed by atoms with Crippen LogP contribution in [-0.2, 0) is 6.61 Å². The summed E-state index contributed by atoms with van der Waals surface area (Å²) < 4.78 is 5.72. The molecule has 0 unspecified atom stereocenters. The number of rotatable bonds is 4. The number of nitrogens with zero attached hydrogens (tertiary/aromatic N) is 2. The number of nitrogen functional groups attached to an aromatic ring is 1. The van der Waals surface area contributed by atoms with Gasteiger partial charge < -0.3 is 10.2 Å². The molecule has 0 aliphatic carbocycles. The predicted molar refractivity (Wildman–Crippen MR) is 83.1 cm³/mol. The average Bonchev–Trinajstić information content (AvgIpc) is 2.54. The van der Waals surface area contributed by atoms with Crippen LogP contribution >= 0.6 is 11.6 Å². The normalized spacial score (nSPS) is 10.6. The van der Waals surface area contributed by atoms with Crippen molar-refractivity contribution in [2.75, 3.05) is 5.43 Å². The molecule has 0 fully saturated rings. The Balaban J connectivity index is 1.80. The minimum absolute atomic E-state index is 0.257. The molecule has 2 aromatic heterocycles. The van der Waals surface area contributed by atoms with E-state index in [0.717, 1.165) is 10.9 Å². The number of fused-ring (bicyclic) bond motifs is 1. The van der Waals surface area contributed by atoms with Crippen LogP contribution in [0, 0.1) is 0 Å². The fourth-order valence-electron chi connectivity index (χ4n) is 1.95. The van der Waals surface area contributed by atoms with Gasteiger partial charge in [0, 0.05) is 17.6 Å². The predicted octanol–water partition coefficient (Wildman–Crippen LogP) is 3.15. The molecule has 5 nitrogen and oxygen atoms in total. The second-order valence-electron chi connectivity index (χ2n) is 4.42. The molecule has 106 valence electrons. The van der Waals surface area contributed by atoms with E-state index in [2.05, 4.69) is 15.4 Å². The van der Waals surface area contributed by atoms with Gasteiger partial charge in [-0.2, -0.15) is 0 Å². The van der Waals surface area contributed by atoms with Crippen molar-refractivity contribution in [1.82, 2.24) is 9.97 Å². The van der Waals surface area contributed by atoms with Gasteiger partial charge in [0.15, 0.2) is 0 Å². The number of nitrogens with two attached hydrogens (primary N) is 1. The number of hydrogen-bond donors (Lipinski definition) is 2. The SMILES string of the molecule is NNc1ccc(Cl)c(COc2ccc3cccnc3c2)n1. The third kappa shape index (κ3) is 3.04. The van der Waals surface area contributed by atoms with Gasteiger partial charge >= 0.3 is 0 Å². The Morgan fingerprint density at radius 1 is 1.19 bits per heavy atom. The summed E-state index contributed by atoms with van der Waals surface area (Å²) in [6, 6.07) is 13.1. The van der Waals surface area contributed by atoms with Crippen molar-refractivity contribution in [2.24, 2.45) is 5.84 Å². The van der Waals surface area contributed by atoms with Crippen LogP contribution in [0.4, 0.5) is 5.82 Å². The van der Waals surface area contributed by atoms with E-state index in [9.17, 15) is 0 Å². The Morgan fingerprint density at radius 2 is 2.10 bits per heavy atom. The summed E-state index contributed by atoms with van der Waals surface area (Å²) in [5.74, 6) is 6.59. The maximum Gasteiger partial charge on any atom is 0.140 e. The highest BCUT2D eigenvalue weighted by Crippen LogP contribution is 2.22. The number of aromatic nitrogens is 2. The lowest BCUT2D eigenvalue weighted by atomic mass is 10.2. The summed E-state index contributed by atoms with van der Waals surface area (Å²) in [5, 5.41) is 1.60. The first-order chi connectivity index (χ1) is 10.3. The zero-order chi connectivity index (χ0) is 14.7. The van der Waals surface area contributed by atoms with Crippen LogP contribution in [-0.4, -0.2) is 9.97 Å². The molecular formula is C15H13ClN4O. The first kappa shape index (κ1) is 13.6. The summed E-state index contributed by atoms with van der Waals surface area (Å²) >= 11 is 6.09. The van der Waals surface area contributed by atoms with E-state index in [1.54, 1.807) is 18.3 Å². The molecule has 0 saturated carbocycles. The zero-order valence-electron chi connectivity index (χ0n) is 11.1. The number of nitrogens with one attached hydrogen (secondary N) is 1. The Kier molecular flexibility index (Phi) is 3.85. The quantitative estimate of drug-likeness (QED) is 0.572. The number of hydrazine groups is 1. The van der Waals surface area contributed by atoms with Gasteiger partial charge in [0.1, 0.15) is 18.2 Å². The van der Waals surface area contributed by atoms with E-state index < -0.39 is 0 Å². The molecule has 0 atom stereocenters. The lowest BCUT2D eigenvalue weighted by Gasteiger charge is -2.09. The maximum absolute atomic E-state index is 6.09. The molecule has 0 saturated heterocycles. The largest absolute Gasteiger partial charge is 0.487 e. The van der Waals surface area contributed by atoms with Crippen molar-refractivity contribution < 1.29 is 4.74 Å². The van der Waals surface area contributed by atoms with Crippen LogP contribution in [0.5, 0.6) is 5.75 Å². The van der Waals surface area contributed by atoms with Crippen molar-refractivity contribution in [1.29, 1.82) is 0 Å². The van der Waals surface area contributed by atoms with Crippen molar-refractivity contribution in [3.63, 3.8) is 0 Å². The average molecular weight is 301 g/mol. The third-order valence-corrected chi connectivity index (χ3v) is 3.36. The van der Waals surface area contributed by atoms with Crippen LogP contribution in [0.1, 0.15) is 5.69 Å². The van der Waals surface area contributed by atoms with Gasteiger partial charge in [0.2, 0.25) is 0 Å². The molecular weight excluding hydrogens is 288 g/mol. The number of hydrogen-bond acceptors (Lipinski definition) is 5. The van der Waals surface area contributed by atoms with Crippen molar-refractivity contribution in [2.45, 2.75) is 6.61 Å². The molecule has 0 aliphatic heterocycles. The Hall–Kier alpha value is -2.37. The van der Waals surface area contributed by atoms with E-state index in [1.807, 2.05) is 30.3 Å². The Morgan fingerprint density at radius 3 is 2.95 bits per heavy atom. The van der Waals surface area contributed by atoms with Gasteiger partial charge in [0.05, 0.1) is 16.2 Å². The van der Waals surface area contributed by atoms with E-state index in [-0.39, 0.29) is 6.61 Å². The minimum atomic E-state index is 0.257. The van der Waals surface area contributed by atoms with Crippen LogP contribution < -0.4 is 16.0 Å². The molecule has 0 aliphatic rings. The summed E-state index contributed by atoms with van der Waals surface area (Å²) in [7, 11) is 0. The fraction of sp³-hybridized carbons (Fsp3) is 0.0667. The highest BCUT2D eigenvalue weighted by molar-refractivity contribution is 6.31. The lowest BCUT2D eigenvalue weighted by Crippen LogP contribution is -2.10. The molecule has 1 aromatic carbocycles. The lowest BCUT2D eigenvalue weighted by molar-refractivity contribution is 0.302. The molecule has 0 spiro atoms. The van der Waals surface area contributed by atoms with E-state index in [4.69, 9.17) is 22.2 Å². The topological polar surface area (TPSA) is 73.1 Å². The summed E-state index contributed by atoms with van der Waals surface area (Å²) in [6.07, 6.45) is 1.75. The van der Waals surface area contributed by atoms with E-state index in [0.29, 0.717) is 22.3 Å². The van der Waals surface area contributed by atoms with Gasteiger partial charge in [-0.1, -0.05) is 17.7 Å². The number of ether oxygens (including phenoxy) is 1. The summed E-state index contributed by atoms with van der Waals surface area (Å²) in [5.41, 5.74) is 3.98. The second-order valence-corrected chi connectivity index (χ2v) is 4.82. The molecule has 2 heterocycles. The highest BCUT2D eigenvalue weighted by Gasteiger charge is 2.05. The maximum atomic E-state index is 6.09. The highest BCUT2D eigenvalue weighted by atomic mass is 35.5. The van der Waals surface area contributed by atoms with Crippen molar-refractivity contribution in [3.05, 3.63) is 59.4 Å². The van der Waals surface area contributed by atoms with Crippen LogP contribution in [0.3, 0.4) is 0 Å². The second kappa shape index (κ2) is 5.95. The van der Waals surface area contributed by atoms with Crippen LogP contribution in [0.2, 0.25) is 5.02 Å². The first-order valence-corrected chi connectivity index (χ1v) is 6.74. The van der Waals surface area contributed by atoms with Crippen molar-refractivity contribution in [3.8, 4) is 5.75 Å². The first-order valence-electron chi connectivity index (χ1n) is 6.36. The molecule has 3 rings (SSSR count). The molecule has 0 radical (unpaired) electrons. The van der Waals surface area contributed by atoms with Gasteiger partial charge in [-0.05, 0) is 30.3 Å². The number of anilines is 1. The third-order valence-electron chi connectivity index (χ3n) is 3.02. The molecule has 3 N–H and O–H groups in total. The minimum Gasteiger partial charge on any atom is -0.487 e. The molecule has 0 amide bonds. The summed E-state index contributed by atoms with van der Waals surface area (Å²) in [6.45, 7) is 0.257. The van der Waals surface area contributed by atoms with Gasteiger partial charge in [-0.3, -0.25) is 4.98 Å². The van der Waals surface area contributed by atoms with Gasteiger partial charge in [0.25, 0.3) is 0 Å². The smallest absolute Gasteiger partial charge is 0.140 e. The van der Waals surface area contributed by atoms with Crippen LogP contribution in [0.15, 0.2) is 48.7 Å². The van der Waals surface area contributed by atoms with E-state index >= 15 is 0 Å². The molecule has 21 heavy (non-hydrogen) atoms. The number of pyridine rings is 2. The van der Waals surface area contributed by atoms with Gasteiger partial charge in [-0.15, -0.1) is 0 Å². The molecule has 0 bridgehead atoms.